The molecule has 0 radical (unpaired) electrons. The summed E-state index contributed by atoms with van der Waals surface area (Å²) < 4.78 is 10.8. The molecule has 1 aromatic heterocycles. The second kappa shape index (κ2) is 4.72. The first-order chi connectivity index (χ1) is 8.75. The van der Waals surface area contributed by atoms with Crippen LogP contribution in [-0.2, 0) is 9.53 Å². The van der Waals surface area contributed by atoms with Crippen LogP contribution in [0, 0.1) is 6.92 Å². The molecular formula is C13H18N2O3. The van der Waals surface area contributed by atoms with E-state index in [0.29, 0.717) is 6.61 Å². The maximum Gasteiger partial charge on any atom is 0.252 e. The number of carbonyl (C=O) groups is 1. The molecule has 0 saturated carbocycles. The van der Waals surface area contributed by atoms with Crippen molar-refractivity contribution in [2.24, 2.45) is 0 Å². The van der Waals surface area contributed by atoms with Crippen molar-refractivity contribution in [3.63, 3.8) is 0 Å². The quantitative estimate of drug-likeness (QED) is 0.803. The summed E-state index contributed by atoms with van der Waals surface area (Å²) in [7, 11) is 0. The fraction of sp³-hybridized carbons (Fsp3) is 0.692. The van der Waals surface area contributed by atoms with Crippen molar-refractivity contribution < 1.29 is 14.1 Å². The third kappa shape index (κ3) is 2.03. The van der Waals surface area contributed by atoms with Gasteiger partial charge < -0.3 is 14.2 Å². The summed E-state index contributed by atoms with van der Waals surface area (Å²) in [6.07, 6.45) is 3.55. The molecule has 0 bridgehead atoms. The number of hydrogen-bond acceptors (Lipinski definition) is 4. The molecule has 18 heavy (non-hydrogen) atoms. The van der Waals surface area contributed by atoms with Crippen LogP contribution in [0.4, 0.5) is 0 Å². The lowest BCUT2D eigenvalue weighted by molar-refractivity contribution is -0.142. The highest BCUT2D eigenvalue weighted by molar-refractivity contribution is 5.81. The van der Waals surface area contributed by atoms with Crippen LogP contribution in [0.2, 0.25) is 0 Å². The molecule has 0 spiro atoms. The molecule has 1 aromatic rings. The third-order valence-corrected chi connectivity index (χ3v) is 3.72. The van der Waals surface area contributed by atoms with E-state index < -0.39 is 0 Å². The van der Waals surface area contributed by atoms with Gasteiger partial charge in [-0.25, -0.2) is 0 Å². The van der Waals surface area contributed by atoms with Crippen molar-refractivity contribution in [1.82, 2.24) is 10.1 Å². The number of hydrogen-bond donors (Lipinski definition) is 0. The lowest BCUT2D eigenvalue weighted by Crippen LogP contribution is -2.38. The van der Waals surface area contributed by atoms with E-state index in [9.17, 15) is 4.79 Å². The highest BCUT2D eigenvalue weighted by atomic mass is 16.5. The first kappa shape index (κ1) is 11.7. The van der Waals surface area contributed by atoms with Gasteiger partial charge in [0.05, 0.1) is 11.7 Å². The van der Waals surface area contributed by atoms with Crippen molar-refractivity contribution >= 4 is 5.91 Å². The number of carbonyl (C=O) groups excluding carboxylic acids is 1. The van der Waals surface area contributed by atoms with Gasteiger partial charge in [-0.1, -0.05) is 5.16 Å². The molecule has 2 atom stereocenters. The van der Waals surface area contributed by atoms with Crippen LogP contribution < -0.4 is 0 Å². The summed E-state index contributed by atoms with van der Waals surface area (Å²) in [6.45, 7) is 3.40. The molecule has 2 fully saturated rings. The number of likely N-dealkylation sites (tertiary alicyclic amines) is 1. The van der Waals surface area contributed by atoms with Gasteiger partial charge in [-0.05, 0) is 32.6 Å². The summed E-state index contributed by atoms with van der Waals surface area (Å²) in [5.41, 5.74) is 0.862. The average molecular weight is 250 g/mol. The van der Waals surface area contributed by atoms with E-state index in [2.05, 4.69) is 5.16 Å². The predicted molar refractivity (Wildman–Crippen MR) is 63.9 cm³/mol. The average Bonchev–Trinajstić information content (AvgIpc) is 3.09. The molecule has 5 nitrogen and oxygen atoms in total. The minimum Gasteiger partial charge on any atom is -0.368 e. The summed E-state index contributed by atoms with van der Waals surface area (Å²) >= 11 is 0. The Morgan fingerprint density at radius 2 is 2.33 bits per heavy atom. The molecule has 5 heteroatoms. The number of aryl methyl sites for hydroxylation is 1. The van der Waals surface area contributed by atoms with Crippen molar-refractivity contribution in [2.45, 2.75) is 44.8 Å². The topological polar surface area (TPSA) is 55.6 Å². The Balaban J connectivity index is 1.76. The molecule has 0 N–H and O–H groups in total. The van der Waals surface area contributed by atoms with Gasteiger partial charge >= 0.3 is 0 Å². The molecular weight excluding hydrogens is 232 g/mol. The minimum atomic E-state index is -0.241. The summed E-state index contributed by atoms with van der Waals surface area (Å²) in [5.74, 6) is 0.917. The second-order valence-electron chi connectivity index (χ2n) is 5.06. The molecule has 2 saturated heterocycles. The standard InChI is InChI=1S/C13H18N2O3/c1-9-8-12(18-14-9)10-4-2-6-15(10)13(16)11-5-3-7-17-11/h8,10-11H,2-7H2,1H3/t10?,11-/m1/s1. The highest BCUT2D eigenvalue weighted by Crippen LogP contribution is 2.33. The van der Waals surface area contributed by atoms with Crippen LogP contribution in [0.25, 0.3) is 0 Å². The van der Waals surface area contributed by atoms with Gasteiger partial charge in [-0.15, -0.1) is 0 Å². The lowest BCUT2D eigenvalue weighted by Gasteiger charge is -2.25. The molecule has 1 unspecified atom stereocenters. The van der Waals surface area contributed by atoms with Crippen LogP contribution in [0.5, 0.6) is 0 Å². The van der Waals surface area contributed by atoms with Gasteiger partial charge in [0, 0.05) is 19.2 Å². The number of aromatic nitrogens is 1. The van der Waals surface area contributed by atoms with Gasteiger partial charge in [0.25, 0.3) is 5.91 Å². The molecule has 0 aliphatic carbocycles. The zero-order valence-corrected chi connectivity index (χ0v) is 10.6. The molecule has 98 valence electrons. The second-order valence-corrected chi connectivity index (χ2v) is 5.06. The Morgan fingerprint density at radius 1 is 1.44 bits per heavy atom. The van der Waals surface area contributed by atoms with Gasteiger partial charge in [0.1, 0.15) is 6.10 Å². The van der Waals surface area contributed by atoms with Crippen LogP contribution in [0.15, 0.2) is 10.6 Å². The number of amides is 1. The summed E-state index contributed by atoms with van der Waals surface area (Å²) in [6, 6.07) is 1.97. The SMILES string of the molecule is Cc1cc(C2CCCN2C(=O)[C@H]2CCCO2)on1. The van der Waals surface area contributed by atoms with Crippen molar-refractivity contribution in [2.75, 3.05) is 13.2 Å². The summed E-state index contributed by atoms with van der Waals surface area (Å²) in [5, 5.41) is 3.91. The van der Waals surface area contributed by atoms with Crippen molar-refractivity contribution in [3.8, 4) is 0 Å². The van der Waals surface area contributed by atoms with Crippen LogP contribution in [-0.4, -0.2) is 35.2 Å². The predicted octanol–water partition coefficient (Wildman–Crippen LogP) is 1.83. The van der Waals surface area contributed by atoms with E-state index in [1.54, 1.807) is 0 Å². The number of nitrogens with zero attached hydrogens (tertiary/aromatic N) is 2. The van der Waals surface area contributed by atoms with Crippen LogP contribution in [0.1, 0.15) is 43.2 Å². The lowest BCUT2D eigenvalue weighted by atomic mass is 10.1. The maximum atomic E-state index is 12.4. The number of ether oxygens (including phenoxy) is 1. The smallest absolute Gasteiger partial charge is 0.252 e. The van der Waals surface area contributed by atoms with E-state index in [-0.39, 0.29) is 18.1 Å². The number of rotatable bonds is 2. The Hall–Kier alpha value is -1.36. The van der Waals surface area contributed by atoms with E-state index in [0.717, 1.165) is 43.7 Å². The summed E-state index contributed by atoms with van der Waals surface area (Å²) in [4.78, 5) is 14.3. The Morgan fingerprint density at radius 3 is 3.00 bits per heavy atom. The van der Waals surface area contributed by atoms with E-state index in [1.807, 2.05) is 17.9 Å². The molecule has 3 rings (SSSR count). The minimum absolute atomic E-state index is 0.0444. The Kier molecular flexibility index (Phi) is 3.07. The van der Waals surface area contributed by atoms with E-state index in [1.165, 1.54) is 0 Å². The Labute approximate surface area is 106 Å². The zero-order chi connectivity index (χ0) is 12.5. The molecule has 2 aliphatic rings. The molecule has 2 aliphatic heterocycles. The van der Waals surface area contributed by atoms with Gasteiger partial charge in [0.2, 0.25) is 0 Å². The van der Waals surface area contributed by atoms with Crippen LogP contribution >= 0.6 is 0 Å². The van der Waals surface area contributed by atoms with Crippen molar-refractivity contribution in [1.29, 1.82) is 0 Å². The zero-order valence-electron chi connectivity index (χ0n) is 10.6. The molecule has 1 amide bonds. The monoisotopic (exact) mass is 250 g/mol. The van der Waals surface area contributed by atoms with E-state index >= 15 is 0 Å². The van der Waals surface area contributed by atoms with Crippen LogP contribution in [0.3, 0.4) is 0 Å². The fourth-order valence-corrected chi connectivity index (χ4v) is 2.82. The Bertz CT molecular complexity index is 437. The highest BCUT2D eigenvalue weighted by Gasteiger charge is 2.37. The largest absolute Gasteiger partial charge is 0.368 e. The first-order valence-corrected chi connectivity index (χ1v) is 6.61. The molecule has 3 heterocycles. The van der Waals surface area contributed by atoms with E-state index in [4.69, 9.17) is 9.26 Å². The van der Waals surface area contributed by atoms with Crippen molar-refractivity contribution in [3.05, 3.63) is 17.5 Å². The van der Waals surface area contributed by atoms with Gasteiger partial charge in [-0.2, -0.15) is 0 Å². The maximum absolute atomic E-state index is 12.4. The third-order valence-electron chi connectivity index (χ3n) is 3.72. The first-order valence-electron chi connectivity index (χ1n) is 6.61. The van der Waals surface area contributed by atoms with Gasteiger partial charge in [0.15, 0.2) is 5.76 Å². The fourth-order valence-electron chi connectivity index (χ4n) is 2.82. The van der Waals surface area contributed by atoms with Gasteiger partial charge in [-0.3, -0.25) is 4.79 Å². The molecule has 0 aromatic carbocycles. The normalized spacial score (nSPS) is 27.9.